The Morgan fingerprint density at radius 1 is 0.943 bits per heavy atom. The number of carbonyl (C=O) groups is 1. The fourth-order valence-corrected chi connectivity index (χ4v) is 4.32. The summed E-state index contributed by atoms with van der Waals surface area (Å²) in [5, 5.41) is 6.21. The number of hydrogen-bond acceptors (Lipinski definition) is 2. The van der Waals surface area contributed by atoms with Crippen LogP contribution in [0.15, 0.2) is 89.7 Å². The minimum Gasteiger partial charge on any atom is -0.349 e. The number of nitrogens with one attached hydrogen (secondary N) is 2. The Morgan fingerprint density at radius 2 is 1.60 bits per heavy atom. The molecule has 0 radical (unpaired) electrons. The van der Waals surface area contributed by atoms with Gasteiger partial charge in [-0.05, 0) is 68.0 Å². The van der Waals surface area contributed by atoms with Crippen LogP contribution < -0.4 is 10.9 Å². The second-order valence-corrected chi connectivity index (χ2v) is 8.74. The van der Waals surface area contributed by atoms with Crippen molar-refractivity contribution >= 4 is 5.91 Å². The highest BCUT2D eigenvalue weighted by Gasteiger charge is 2.17. The summed E-state index contributed by atoms with van der Waals surface area (Å²) in [6.45, 7) is 1.81. The van der Waals surface area contributed by atoms with Crippen molar-refractivity contribution in [3.8, 4) is 5.69 Å². The van der Waals surface area contributed by atoms with Crippen molar-refractivity contribution in [3.63, 3.8) is 0 Å². The number of aromatic nitrogens is 2. The molecule has 0 fully saturated rings. The zero-order valence-corrected chi connectivity index (χ0v) is 19.8. The van der Waals surface area contributed by atoms with Crippen LogP contribution in [0.2, 0.25) is 0 Å². The lowest BCUT2D eigenvalue weighted by atomic mass is 9.98. The van der Waals surface area contributed by atoms with Gasteiger partial charge in [0, 0.05) is 17.7 Å². The molecule has 1 unspecified atom stereocenters. The normalized spacial score (nSPS) is 11.8. The number of aromatic amines is 1. The maximum Gasteiger partial charge on any atom is 0.274 e. The molecule has 0 bridgehead atoms. The number of nitrogens with zero attached hydrogens (tertiary/aromatic N) is 1. The van der Waals surface area contributed by atoms with Gasteiger partial charge in [-0.25, -0.2) is 9.07 Å². The molecule has 0 aliphatic carbocycles. The molecular weight excluding hydrogens is 441 g/mol. The highest BCUT2D eigenvalue weighted by Crippen LogP contribution is 2.20. The van der Waals surface area contributed by atoms with Crippen molar-refractivity contribution < 1.29 is 9.18 Å². The molecule has 1 heterocycles. The van der Waals surface area contributed by atoms with Gasteiger partial charge in [0.25, 0.3) is 5.56 Å². The number of benzene rings is 3. The summed E-state index contributed by atoms with van der Waals surface area (Å²) in [5.74, 6) is -0.453. The lowest BCUT2D eigenvalue weighted by Crippen LogP contribution is -2.29. The van der Waals surface area contributed by atoms with Gasteiger partial charge in [0.2, 0.25) is 5.91 Å². The Kier molecular flexibility index (Phi) is 7.93. The first-order valence-corrected chi connectivity index (χ1v) is 12.0. The Balaban J connectivity index is 1.39. The minimum absolute atomic E-state index is 0.0874. The van der Waals surface area contributed by atoms with Crippen LogP contribution in [0.3, 0.4) is 0 Å². The van der Waals surface area contributed by atoms with E-state index in [1.165, 1.54) is 22.4 Å². The molecule has 180 valence electrons. The smallest absolute Gasteiger partial charge is 0.274 e. The number of carbonyl (C=O) groups excluding carboxylic acids is 1. The largest absolute Gasteiger partial charge is 0.349 e. The fourth-order valence-electron chi connectivity index (χ4n) is 4.32. The van der Waals surface area contributed by atoms with Crippen molar-refractivity contribution in [1.82, 2.24) is 15.1 Å². The lowest BCUT2D eigenvalue weighted by molar-refractivity contribution is -0.121. The quantitative estimate of drug-likeness (QED) is 0.324. The van der Waals surface area contributed by atoms with E-state index < -0.39 is 0 Å². The van der Waals surface area contributed by atoms with Gasteiger partial charge in [0.05, 0.1) is 11.7 Å². The molecule has 1 aromatic heterocycles. The zero-order valence-electron chi connectivity index (χ0n) is 19.8. The Bertz CT molecular complexity index is 1300. The highest BCUT2D eigenvalue weighted by atomic mass is 19.1. The van der Waals surface area contributed by atoms with Crippen LogP contribution in [0.5, 0.6) is 0 Å². The van der Waals surface area contributed by atoms with E-state index in [0.29, 0.717) is 23.4 Å². The summed E-state index contributed by atoms with van der Waals surface area (Å²) in [6.07, 6.45) is 3.26. The van der Waals surface area contributed by atoms with E-state index in [9.17, 15) is 14.0 Å². The molecule has 4 rings (SSSR count). The van der Waals surface area contributed by atoms with Crippen LogP contribution >= 0.6 is 0 Å². The molecule has 5 nitrogen and oxygen atoms in total. The van der Waals surface area contributed by atoms with E-state index in [4.69, 9.17) is 0 Å². The van der Waals surface area contributed by atoms with Gasteiger partial charge in [-0.3, -0.25) is 14.7 Å². The van der Waals surface area contributed by atoms with Gasteiger partial charge < -0.3 is 5.32 Å². The van der Waals surface area contributed by atoms with Crippen LogP contribution in [-0.4, -0.2) is 15.7 Å². The maximum absolute atomic E-state index is 13.2. The molecule has 0 aliphatic heterocycles. The summed E-state index contributed by atoms with van der Waals surface area (Å²) in [4.78, 5) is 25.8. The molecule has 0 saturated carbocycles. The Morgan fingerprint density at radius 3 is 2.29 bits per heavy atom. The van der Waals surface area contributed by atoms with Gasteiger partial charge in [-0.15, -0.1) is 0 Å². The summed E-state index contributed by atoms with van der Waals surface area (Å²) >= 11 is 0. The van der Waals surface area contributed by atoms with Crippen LogP contribution in [-0.2, 0) is 17.6 Å². The third-order valence-corrected chi connectivity index (χ3v) is 6.22. The molecule has 4 aromatic rings. The summed E-state index contributed by atoms with van der Waals surface area (Å²) in [7, 11) is 0. The van der Waals surface area contributed by atoms with Crippen molar-refractivity contribution in [2.24, 2.45) is 0 Å². The molecule has 0 aliphatic rings. The predicted octanol–water partition coefficient (Wildman–Crippen LogP) is 5.43. The van der Waals surface area contributed by atoms with E-state index in [0.717, 1.165) is 24.8 Å². The average Bonchev–Trinajstić information content (AvgIpc) is 3.16. The molecule has 0 spiro atoms. The fraction of sp³-hybridized carbons (Fsp3) is 0.241. The van der Waals surface area contributed by atoms with Crippen molar-refractivity contribution in [3.05, 3.63) is 123 Å². The first-order valence-electron chi connectivity index (χ1n) is 12.0. The first-order chi connectivity index (χ1) is 17.0. The molecule has 0 saturated heterocycles. The number of hydrogen-bond donors (Lipinski definition) is 2. The van der Waals surface area contributed by atoms with Crippen LogP contribution in [0.25, 0.3) is 5.69 Å². The van der Waals surface area contributed by atoms with E-state index in [-0.39, 0.29) is 29.7 Å². The number of H-pyrrole nitrogens is 1. The van der Waals surface area contributed by atoms with E-state index in [1.807, 2.05) is 55.5 Å². The molecule has 35 heavy (non-hydrogen) atoms. The molecule has 3 aromatic carbocycles. The maximum atomic E-state index is 13.2. The molecule has 1 amide bonds. The van der Waals surface area contributed by atoms with Crippen molar-refractivity contribution in [1.29, 1.82) is 0 Å². The van der Waals surface area contributed by atoms with Gasteiger partial charge >= 0.3 is 0 Å². The van der Waals surface area contributed by atoms with Crippen LogP contribution in [0, 0.1) is 12.7 Å². The van der Waals surface area contributed by atoms with Gasteiger partial charge in [0.15, 0.2) is 0 Å². The minimum atomic E-state index is -0.362. The predicted molar refractivity (Wildman–Crippen MR) is 136 cm³/mol. The van der Waals surface area contributed by atoms with Crippen molar-refractivity contribution in [2.45, 2.75) is 45.1 Å². The van der Waals surface area contributed by atoms with E-state index in [1.54, 1.807) is 12.1 Å². The molecular formula is C29H30FN3O2. The zero-order chi connectivity index (χ0) is 24.6. The number of rotatable bonds is 10. The standard InChI is InChI=1S/C29H30FN3O2/c1-21-26(29(35)33(32-21)25-17-15-24(30)16-18-25)19-20-28(34)31-27(23-12-6-3-7-13-23)14-8-11-22-9-4-2-5-10-22/h2-7,9-10,12-13,15-18,27,32H,8,11,14,19-20H2,1H3,(H,31,34). The third kappa shape index (κ3) is 6.35. The first kappa shape index (κ1) is 24.2. The molecule has 2 N–H and O–H groups in total. The monoisotopic (exact) mass is 471 g/mol. The van der Waals surface area contributed by atoms with Gasteiger partial charge in [0.1, 0.15) is 5.82 Å². The lowest BCUT2D eigenvalue weighted by Gasteiger charge is -2.19. The average molecular weight is 472 g/mol. The van der Waals surface area contributed by atoms with Crippen LogP contribution in [0.1, 0.15) is 47.7 Å². The topological polar surface area (TPSA) is 66.9 Å². The number of amides is 1. The molecule has 1 atom stereocenters. The van der Waals surface area contributed by atoms with E-state index >= 15 is 0 Å². The second kappa shape index (κ2) is 11.5. The van der Waals surface area contributed by atoms with E-state index in [2.05, 4.69) is 22.5 Å². The summed E-state index contributed by atoms with van der Waals surface area (Å²) in [5.41, 5.74) is 3.96. The van der Waals surface area contributed by atoms with Gasteiger partial charge in [-0.2, -0.15) is 0 Å². The third-order valence-electron chi connectivity index (χ3n) is 6.22. The summed E-state index contributed by atoms with van der Waals surface area (Å²) < 4.78 is 14.6. The Hall–Kier alpha value is -3.93. The Labute approximate surface area is 204 Å². The number of halogens is 1. The summed E-state index contributed by atoms with van der Waals surface area (Å²) in [6, 6.07) is 25.9. The highest BCUT2D eigenvalue weighted by molar-refractivity contribution is 5.76. The van der Waals surface area contributed by atoms with Crippen LogP contribution in [0.4, 0.5) is 4.39 Å². The van der Waals surface area contributed by atoms with Gasteiger partial charge in [-0.1, -0.05) is 60.7 Å². The second-order valence-electron chi connectivity index (χ2n) is 8.74. The molecule has 6 heteroatoms. The SMILES string of the molecule is Cc1[nH]n(-c2ccc(F)cc2)c(=O)c1CCC(=O)NC(CCCc1ccccc1)c1ccccc1. The number of aryl methyl sites for hydroxylation is 2. The van der Waals surface area contributed by atoms with Crippen molar-refractivity contribution in [2.75, 3.05) is 0 Å².